The summed E-state index contributed by atoms with van der Waals surface area (Å²) in [5, 5.41) is 4.97. The van der Waals surface area contributed by atoms with E-state index >= 15 is 0 Å². The molecule has 0 atom stereocenters. The lowest BCUT2D eigenvalue weighted by atomic mass is 9.84. The maximum Gasteiger partial charge on any atom is 0.0468 e. The van der Waals surface area contributed by atoms with Crippen molar-refractivity contribution in [2.24, 2.45) is 0 Å². The van der Waals surface area contributed by atoms with E-state index in [-0.39, 0.29) is 0 Å². The molecule has 13 aromatic rings. The molecule has 0 bridgehead atoms. The monoisotopic (exact) mass is 953 g/mol. The highest BCUT2D eigenvalue weighted by Crippen LogP contribution is 2.47. The molecular weight excluding hydrogens is 903 g/mol. The minimum atomic E-state index is 1.07. The fourth-order valence-electron chi connectivity index (χ4n) is 11.2. The molecular formula is C74H51N. The first-order valence-electron chi connectivity index (χ1n) is 25.8. The van der Waals surface area contributed by atoms with E-state index < -0.39 is 0 Å². The van der Waals surface area contributed by atoms with E-state index in [1.807, 2.05) is 0 Å². The molecule has 0 unspecified atom stereocenters. The third-order valence-electron chi connectivity index (χ3n) is 14.7. The van der Waals surface area contributed by atoms with Gasteiger partial charge in [0.1, 0.15) is 0 Å². The minimum absolute atomic E-state index is 1.07. The Labute approximate surface area is 439 Å². The molecule has 1 heteroatoms. The van der Waals surface area contributed by atoms with E-state index in [4.69, 9.17) is 0 Å². The first kappa shape index (κ1) is 45.1. The molecule has 0 saturated heterocycles. The van der Waals surface area contributed by atoms with Gasteiger partial charge < -0.3 is 4.90 Å². The lowest BCUT2D eigenvalue weighted by Crippen LogP contribution is -2.10. The van der Waals surface area contributed by atoms with Crippen molar-refractivity contribution in [2.75, 3.05) is 4.90 Å². The first-order valence-corrected chi connectivity index (χ1v) is 25.8. The number of nitrogens with zero attached hydrogens (tertiary/aromatic N) is 1. The van der Waals surface area contributed by atoms with Gasteiger partial charge in [-0.25, -0.2) is 0 Å². The van der Waals surface area contributed by atoms with E-state index in [2.05, 4.69) is 314 Å². The first-order chi connectivity index (χ1) is 37.2. The van der Waals surface area contributed by atoms with Crippen LogP contribution in [0.2, 0.25) is 0 Å². The van der Waals surface area contributed by atoms with Gasteiger partial charge in [-0.05, 0) is 153 Å². The van der Waals surface area contributed by atoms with Gasteiger partial charge in [0, 0.05) is 17.1 Å². The Hall–Kier alpha value is -9.82. The summed E-state index contributed by atoms with van der Waals surface area (Å²) in [5.74, 6) is 0. The van der Waals surface area contributed by atoms with Crippen molar-refractivity contribution in [1.82, 2.24) is 0 Å². The van der Waals surface area contributed by atoms with Gasteiger partial charge in [0.15, 0.2) is 0 Å². The van der Waals surface area contributed by atoms with Crippen LogP contribution in [-0.2, 0) is 0 Å². The van der Waals surface area contributed by atoms with E-state index in [1.54, 1.807) is 0 Å². The summed E-state index contributed by atoms with van der Waals surface area (Å²) in [6.45, 7) is 0. The molecule has 0 radical (unpaired) electrons. The van der Waals surface area contributed by atoms with E-state index in [0.717, 1.165) is 28.2 Å². The van der Waals surface area contributed by atoms with Gasteiger partial charge in [-0.15, -0.1) is 0 Å². The maximum atomic E-state index is 2.40. The Balaban J connectivity index is 0.950. The molecule has 0 saturated carbocycles. The van der Waals surface area contributed by atoms with Gasteiger partial charge in [0.05, 0.1) is 0 Å². The van der Waals surface area contributed by atoms with Crippen molar-refractivity contribution in [3.8, 4) is 89.0 Å². The van der Waals surface area contributed by atoms with Gasteiger partial charge in [-0.1, -0.05) is 267 Å². The molecule has 0 aliphatic carbocycles. The Morgan fingerprint density at radius 1 is 0.160 bits per heavy atom. The van der Waals surface area contributed by atoms with Crippen LogP contribution in [0.15, 0.2) is 309 Å². The highest BCUT2D eigenvalue weighted by Gasteiger charge is 2.21. The third kappa shape index (κ3) is 8.67. The zero-order valence-electron chi connectivity index (χ0n) is 41.4. The van der Waals surface area contributed by atoms with Crippen LogP contribution in [0.3, 0.4) is 0 Å². The van der Waals surface area contributed by atoms with Crippen molar-refractivity contribution in [1.29, 1.82) is 0 Å². The Kier molecular flexibility index (Phi) is 12.0. The number of rotatable bonds is 11. The van der Waals surface area contributed by atoms with Crippen LogP contribution in [0.5, 0.6) is 0 Å². The lowest BCUT2D eigenvalue weighted by Gasteiger charge is -2.27. The molecule has 75 heavy (non-hydrogen) atoms. The quantitative estimate of drug-likeness (QED) is 0.117. The SMILES string of the molecule is c1ccc(-c2ccc(N(c3ccc(-c4ccc5c(-c6ccccc6)c(-c6ccccc6)c6ccccc6c5c4)cc3)c3ccc(-c4cccc(-c5ccccc5)c4-c4ccccc4)cc3)cc2-c2ccccc2)cc1. The molecule has 0 spiro atoms. The fourth-order valence-corrected chi connectivity index (χ4v) is 11.2. The second kappa shape index (κ2) is 20.0. The summed E-state index contributed by atoms with van der Waals surface area (Å²) < 4.78 is 0. The van der Waals surface area contributed by atoms with Crippen LogP contribution in [0.1, 0.15) is 0 Å². The zero-order chi connectivity index (χ0) is 49.9. The summed E-state index contributed by atoms with van der Waals surface area (Å²) in [5.41, 5.74) is 22.4. The van der Waals surface area contributed by atoms with Crippen LogP contribution in [0, 0.1) is 0 Å². The predicted molar refractivity (Wildman–Crippen MR) is 320 cm³/mol. The van der Waals surface area contributed by atoms with E-state index in [0.29, 0.717) is 0 Å². The molecule has 0 aromatic heterocycles. The van der Waals surface area contributed by atoms with Crippen LogP contribution in [0.4, 0.5) is 17.1 Å². The van der Waals surface area contributed by atoms with Crippen molar-refractivity contribution >= 4 is 38.6 Å². The summed E-state index contributed by atoms with van der Waals surface area (Å²) >= 11 is 0. The van der Waals surface area contributed by atoms with Crippen LogP contribution in [0.25, 0.3) is 111 Å². The molecule has 0 heterocycles. The molecule has 352 valence electrons. The highest BCUT2D eigenvalue weighted by atomic mass is 15.1. The van der Waals surface area contributed by atoms with Gasteiger partial charge in [0.25, 0.3) is 0 Å². The second-order valence-corrected chi connectivity index (χ2v) is 19.1. The average molecular weight is 954 g/mol. The number of fused-ring (bicyclic) bond motifs is 3. The molecule has 0 N–H and O–H groups in total. The Bertz CT molecular complexity index is 4100. The summed E-state index contributed by atoms with van der Waals surface area (Å²) in [7, 11) is 0. The molecule has 0 amide bonds. The lowest BCUT2D eigenvalue weighted by molar-refractivity contribution is 1.28. The van der Waals surface area contributed by atoms with Gasteiger partial charge >= 0.3 is 0 Å². The largest absolute Gasteiger partial charge is 0.310 e. The summed E-state index contributed by atoms with van der Waals surface area (Å²) in [6.07, 6.45) is 0. The van der Waals surface area contributed by atoms with Crippen molar-refractivity contribution in [3.63, 3.8) is 0 Å². The second-order valence-electron chi connectivity index (χ2n) is 19.1. The smallest absolute Gasteiger partial charge is 0.0468 e. The van der Waals surface area contributed by atoms with Crippen LogP contribution in [-0.4, -0.2) is 0 Å². The summed E-state index contributed by atoms with van der Waals surface area (Å²) in [6, 6.07) is 113. The number of hydrogen-bond acceptors (Lipinski definition) is 1. The average Bonchev–Trinajstić information content (AvgIpc) is 3.50. The van der Waals surface area contributed by atoms with Gasteiger partial charge in [-0.3, -0.25) is 0 Å². The minimum Gasteiger partial charge on any atom is -0.310 e. The van der Waals surface area contributed by atoms with Crippen molar-refractivity contribution in [3.05, 3.63) is 309 Å². The normalized spacial score (nSPS) is 11.2. The van der Waals surface area contributed by atoms with Gasteiger partial charge in [-0.2, -0.15) is 0 Å². The topological polar surface area (TPSA) is 3.24 Å². The van der Waals surface area contributed by atoms with E-state index in [1.165, 1.54) is 99.4 Å². The molecule has 0 aliphatic heterocycles. The highest BCUT2D eigenvalue weighted by molar-refractivity contribution is 6.22. The molecule has 0 fully saturated rings. The van der Waals surface area contributed by atoms with Gasteiger partial charge in [0.2, 0.25) is 0 Å². The Morgan fingerprint density at radius 3 is 1.03 bits per heavy atom. The van der Waals surface area contributed by atoms with Crippen molar-refractivity contribution in [2.45, 2.75) is 0 Å². The fraction of sp³-hybridized carbons (Fsp3) is 0. The number of benzene rings is 13. The predicted octanol–water partition coefficient (Wildman–Crippen LogP) is 20.8. The van der Waals surface area contributed by atoms with Crippen molar-refractivity contribution < 1.29 is 0 Å². The molecule has 13 rings (SSSR count). The van der Waals surface area contributed by atoms with E-state index in [9.17, 15) is 0 Å². The number of hydrogen-bond donors (Lipinski definition) is 0. The Morgan fingerprint density at radius 2 is 0.520 bits per heavy atom. The third-order valence-corrected chi connectivity index (χ3v) is 14.7. The van der Waals surface area contributed by atoms with Crippen LogP contribution < -0.4 is 4.90 Å². The number of anilines is 3. The standard InChI is InChI=1S/C74H51N/c1-7-22-53(23-8-1)64-49-47-63(51-70(64)55-26-11-3-12-27-55)75(62-45-40-56(41-46-62)66-37-21-36-65(54-24-9-2-10-25-54)72(66)57-28-13-4-14-29-57)61-43-38-52(39-44-61)60-42-48-69-71(50-60)67-34-19-20-35-68(67)73(58-30-15-5-16-31-58)74(69)59-32-17-6-18-33-59/h1-51H. The molecule has 1 nitrogen and oxygen atoms in total. The maximum absolute atomic E-state index is 2.40. The molecule has 0 aliphatic rings. The van der Waals surface area contributed by atoms with Crippen LogP contribution >= 0.6 is 0 Å². The zero-order valence-corrected chi connectivity index (χ0v) is 41.4. The summed E-state index contributed by atoms with van der Waals surface area (Å²) in [4.78, 5) is 2.40. The molecule has 13 aromatic carbocycles.